The van der Waals surface area contributed by atoms with E-state index in [1.54, 1.807) is 13.1 Å². The quantitative estimate of drug-likeness (QED) is 0.701. The molecule has 5 nitrogen and oxygen atoms in total. The number of amides is 1. The normalized spacial score (nSPS) is 9.83. The fraction of sp³-hybridized carbons (Fsp3) is 0.571. The van der Waals surface area contributed by atoms with Gasteiger partial charge in [0.05, 0.1) is 11.9 Å². The molecule has 0 aromatic carbocycles. The molecular formula is C7H12N4O. The maximum atomic E-state index is 11.1. The number of hydrogen-bond acceptors (Lipinski definition) is 3. The molecule has 1 rings (SSSR count). The van der Waals surface area contributed by atoms with Crippen LogP contribution >= 0.6 is 0 Å². The van der Waals surface area contributed by atoms with Crippen molar-refractivity contribution in [2.75, 3.05) is 6.54 Å². The minimum Gasteiger partial charge on any atom is -0.335 e. The first-order valence-electron chi connectivity index (χ1n) is 3.91. The average molecular weight is 168 g/mol. The Labute approximate surface area is 70.8 Å². The Morgan fingerprint density at radius 3 is 3.00 bits per heavy atom. The second-order valence-electron chi connectivity index (χ2n) is 2.51. The predicted octanol–water partition coefficient (Wildman–Crippen LogP) is 0.554. The van der Waals surface area contributed by atoms with Gasteiger partial charge in [-0.1, -0.05) is 11.7 Å². The maximum absolute atomic E-state index is 11.1. The number of aromatic nitrogens is 3. The minimum absolute atomic E-state index is 0.273. The summed E-state index contributed by atoms with van der Waals surface area (Å²) < 4.78 is 0. The van der Waals surface area contributed by atoms with Crippen LogP contribution in [0.5, 0.6) is 0 Å². The molecule has 66 valence electrons. The number of carbonyl (C=O) groups excluding carboxylic acids is 1. The van der Waals surface area contributed by atoms with Crippen LogP contribution in [0.1, 0.15) is 19.0 Å². The van der Waals surface area contributed by atoms with Gasteiger partial charge < -0.3 is 5.32 Å². The van der Waals surface area contributed by atoms with Crippen molar-refractivity contribution in [2.45, 2.75) is 20.3 Å². The van der Waals surface area contributed by atoms with Crippen molar-refractivity contribution in [3.63, 3.8) is 0 Å². The van der Waals surface area contributed by atoms with Crippen molar-refractivity contribution in [2.24, 2.45) is 0 Å². The fourth-order valence-corrected chi connectivity index (χ4v) is 0.740. The molecule has 0 spiro atoms. The molecule has 0 saturated carbocycles. The molecule has 0 atom stereocenters. The third-order valence-corrected chi connectivity index (χ3v) is 1.31. The molecule has 5 heteroatoms. The summed E-state index contributed by atoms with van der Waals surface area (Å²) in [5, 5.41) is 10.3. The highest BCUT2D eigenvalue weighted by Gasteiger charge is 2.04. The number of nitrogens with zero attached hydrogens (tertiary/aromatic N) is 3. The second-order valence-corrected chi connectivity index (χ2v) is 2.51. The summed E-state index contributed by atoms with van der Waals surface area (Å²) in [6.45, 7) is 4.43. The summed E-state index contributed by atoms with van der Waals surface area (Å²) in [7, 11) is 0. The van der Waals surface area contributed by atoms with Gasteiger partial charge in [-0.25, -0.2) is 4.79 Å². The molecule has 0 aliphatic heterocycles. The Morgan fingerprint density at radius 1 is 1.75 bits per heavy atom. The topological polar surface area (TPSA) is 59.8 Å². The molecule has 0 unspecified atom stereocenters. The summed E-state index contributed by atoms with van der Waals surface area (Å²) in [5.74, 6) is 0. The summed E-state index contributed by atoms with van der Waals surface area (Å²) in [5.41, 5.74) is 0.738. The monoisotopic (exact) mass is 168 g/mol. The van der Waals surface area contributed by atoms with Crippen molar-refractivity contribution < 1.29 is 4.79 Å². The number of nitrogens with one attached hydrogen (secondary N) is 1. The van der Waals surface area contributed by atoms with Gasteiger partial charge in [0.1, 0.15) is 0 Å². The zero-order valence-corrected chi connectivity index (χ0v) is 7.24. The second kappa shape index (κ2) is 3.85. The largest absolute Gasteiger partial charge is 0.359 e. The molecular weight excluding hydrogens is 156 g/mol. The van der Waals surface area contributed by atoms with Crippen LogP contribution in [0.3, 0.4) is 0 Å². The predicted molar refractivity (Wildman–Crippen MR) is 43.8 cm³/mol. The van der Waals surface area contributed by atoms with Crippen LogP contribution < -0.4 is 5.32 Å². The SMILES string of the molecule is CCCNC(=O)n1ncc(C)n1. The number of carbonyl (C=O) groups is 1. The van der Waals surface area contributed by atoms with Crippen LogP contribution in [0.2, 0.25) is 0 Å². The van der Waals surface area contributed by atoms with E-state index in [2.05, 4.69) is 15.5 Å². The number of hydrogen-bond donors (Lipinski definition) is 1. The van der Waals surface area contributed by atoms with Crippen molar-refractivity contribution >= 4 is 6.03 Å². The van der Waals surface area contributed by atoms with Gasteiger partial charge in [0, 0.05) is 6.54 Å². The van der Waals surface area contributed by atoms with Gasteiger partial charge in [0.15, 0.2) is 0 Å². The molecule has 1 N–H and O–H groups in total. The van der Waals surface area contributed by atoms with Gasteiger partial charge in [-0.15, -0.1) is 5.10 Å². The molecule has 0 bridgehead atoms. The maximum Gasteiger partial charge on any atom is 0.359 e. The van der Waals surface area contributed by atoms with Crippen LogP contribution in [0, 0.1) is 6.92 Å². The van der Waals surface area contributed by atoms with Gasteiger partial charge in [-0.2, -0.15) is 5.10 Å². The molecule has 0 aliphatic carbocycles. The molecule has 1 amide bonds. The van der Waals surface area contributed by atoms with E-state index < -0.39 is 0 Å². The lowest BCUT2D eigenvalue weighted by Gasteiger charge is -1.99. The highest BCUT2D eigenvalue weighted by molar-refractivity contribution is 5.74. The Kier molecular flexibility index (Phi) is 2.79. The van der Waals surface area contributed by atoms with Crippen LogP contribution in [-0.2, 0) is 0 Å². The van der Waals surface area contributed by atoms with Crippen LogP contribution in [0.25, 0.3) is 0 Å². The van der Waals surface area contributed by atoms with Crippen LogP contribution in [0.15, 0.2) is 6.20 Å². The number of aryl methyl sites for hydroxylation is 1. The van der Waals surface area contributed by atoms with Crippen LogP contribution in [-0.4, -0.2) is 27.6 Å². The first-order valence-corrected chi connectivity index (χ1v) is 3.91. The molecule has 0 aliphatic rings. The summed E-state index contributed by atoms with van der Waals surface area (Å²) in [6, 6.07) is -0.273. The Bertz CT molecular complexity index is 268. The van der Waals surface area contributed by atoms with E-state index in [9.17, 15) is 4.79 Å². The van der Waals surface area contributed by atoms with E-state index >= 15 is 0 Å². The van der Waals surface area contributed by atoms with E-state index in [-0.39, 0.29) is 6.03 Å². The summed E-state index contributed by atoms with van der Waals surface area (Å²) in [4.78, 5) is 12.2. The molecule has 1 aromatic heterocycles. The van der Waals surface area contributed by atoms with Crippen molar-refractivity contribution in [1.29, 1.82) is 0 Å². The third-order valence-electron chi connectivity index (χ3n) is 1.31. The van der Waals surface area contributed by atoms with E-state index in [1.165, 1.54) is 0 Å². The summed E-state index contributed by atoms with van der Waals surface area (Å²) in [6.07, 6.45) is 2.46. The minimum atomic E-state index is -0.273. The van der Waals surface area contributed by atoms with E-state index in [1.807, 2.05) is 6.92 Å². The van der Waals surface area contributed by atoms with E-state index in [0.29, 0.717) is 6.54 Å². The van der Waals surface area contributed by atoms with Gasteiger partial charge >= 0.3 is 6.03 Å². The molecule has 0 fully saturated rings. The Balaban J connectivity index is 2.53. The van der Waals surface area contributed by atoms with Gasteiger partial charge in [-0.05, 0) is 13.3 Å². The van der Waals surface area contributed by atoms with Gasteiger partial charge in [-0.3, -0.25) is 0 Å². The molecule has 0 radical (unpaired) electrons. The highest BCUT2D eigenvalue weighted by Crippen LogP contribution is 1.86. The standard InChI is InChI=1S/C7H12N4O/c1-3-4-8-7(12)11-9-5-6(2)10-11/h5H,3-4H2,1-2H3,(H,8,12). The number of rotatable bonds is 2. The van der Waals surface area contributed by atoms with Gasteiger partial charge in [0.25, 0.3) is 0 Å². The first-order chi connectivity index (χ1) is 5.74. The van der Waals surface area contributed by atoms with E-state index in [4.69, 9.17) is 0 Å². The molecule has 12 heavy (non-hydrogen) atoms. The fourth-order valence-electron chi connectivity index (χ4n) is 0.740. The van der Waals surface area contributed by atoms with Crippen molar-refractivity contribution in [1.82, 2.24) is 20.3 Å². The zero-order valence-electron chi connectivity index (χ0n) is 7.24. The first kappa shape index (κ1) is 8.70. The van der Waals surface area contributed by atoms with Crippen molar-refractivity contribution in [3.05, 3.63) is 11.9 Å². The molecule has 0 saturated heterocycles. The Hall–Kier alpha value is -1.39. The van der Waals surface area contributed by atoms with Gasteiger partial charge in [0.2, 0.25) is 0 Å². The third kappa shape index (κ3) is 2.05. The van der Waals surface area contributed by atoms with E-state index in [0.717, 1.165) is 16.9 Å². The van der Waals surface area contributed by atoms with Crippen LogP contribution in [0.4, 0.5) is 4.79 Å². The lowest BCUT2D eigenvalue weighted by atomic mass is 10.5. The average Bonchev–Trinajstić information content (AvgIpc) is 2.47. The zero-order chi connectivity index (χ0) is 8.97. The van der Waals surface area contributed by atoms with Crippen molar-refractivity contribution in [3.8, 4) is 0 Å². The highest BCUT2D eigenvalue weighted by atomic mass is 16.2. The molecule has 1 aromatic rings. The molecule has 1 heterocycles. The lowest BCUT2D eigenvalue weighted by molar-refractivity contribution is 0.236. The Morgan fingerprint density at radius 2 is 2.50 bits per heavy atom. The lowest BCUT2D eigenvalue weighted by Crippen LogP contribution is -2.30. The summed E-state index contributed by atoms with van der Waals surface area (Å²) >= 11 is 0. The smallest absolute Gasteiger partial charge is 0.335 e.